The van der Waals surface area contributed by atoms with Crippen molar-refractivity contribution in [3.8, 4) is 11.5 Å². The summed E-state index contributed by atoms with van der Waals surface area (Å²) in [5.74, 6) is 0.869. The Hall–Kier alpha value is -4.85. The van der Waals surface area contributed by atoms with E-state index in [4.69, 9.17) is 14.6 Å². The van der Waals surface area contributed by atoms with Crippen LogP contribution in [0.1, 0.15) is 24.2 Å². The van der Waals surface area contributed by atoms with Crippen LogP contribution in [0.5, 0.6) is 11.5 Å². The molecular formula is C32H31FN4O3. The summed E-state index contributed by atoms with van der Waals surface area (Å²) in [6.45, 7) is 1.72. The number of rotatable bonds is 9. The third-order valence-corrected chi connectivity index (χ3v) is 6.69. The van der Waals surface area contributed by atoms with E-state index in [2.05, 4.69) is 0 Å². The van der Waals surface area contributed by atoms with Crippen molar-refractivity contribution in [1.82, 2.24) is 0 Å². The predicted octanol–water partition coefficient (Wildman–Crippen LogP) is 6.41. The summed E-state index contributed by atoms with van der Waals surface area (Å²) < 4.78 is 25.6. The van der Waals surface area contributed by atoms with E-state index in [0.717, 1.165) is 28.2 Å². The SMILES string of the molecule is COc1cccc(C2N(c3ccccc3)N=C(C(C)=O)N2c2ccc(N(C)C)cc2)c1OCc1ccc(F)cc1. The number of carbonyl (C=O) groups is 1. The van der Waals surface area contributed by atoms with Gasteiger partial charge in [-0.1, -0.05) is 42.5 Å². The molecular weight excluding hydrogens is 507 g/mol. The topological polar surface area (TPSA) is 57.6 Å². The largest absolute Gasteiger partial charge is 0.493 e. The molecule has 0 radical (unpaired) electrons. The van der Waals surface area contributed by atoms with Gasteiger partial charge in [-0.05, 0) is 60.2 Å². The van der Waals surface area contributed by atoms with Gasteiger partial charge in [0.1, 0.15) is 12.4 Å². The molecule has 0 fully saturated rings. The first kappa shape index (κ1) is 26.7. The number of nitrogens with zero attached hydrogens (tertiary/aromatic N) is 4. The maximum absolute atomic E-state index is 13.5. The van der Waals surface area contributed by atoms with Crippen LogP contribution in [0.15, 0.2) is 102 Å². The number of benzene rings is 4. The van der Waals surface area contributed by atoms with E-state index >= 15 is 0 Å². The zero-order valence-corrected chi connectivity index (χ0v) is 22.9. The van der Waals surface area contributed by atoms with Crippen molar-refractivity contribution >= 4 is 28.7 Å². The number of anilines is 3. The third-order valence-electron chi connectivity index (χ3n) is 6.69. The van der Waals surface area contributed by atoms with E-state index in [0.29, 0.717) is 17.3 Å². The summed E-state index contributed by atoms with van der Waals surface area (Å²) in [6, 6.07) is 29.5. The molecule has 7 nitrogen and oxygen atoms in total. The van der Waals surface area contributed by atoms with Gasteiger partial charge in [0, 0.05) is 38.0 Å². The van der Waals surface area contributed by atoms with Gasteiger partial charge in [0.05, 0.1) is 12.8 Å². The number of ketones is 1. The van der Waals surface area contributed by atoms with Crippen molar-refractivity contribution in [3.63, 3.8) is 0 Å². The molecule has 0 saturated carbocycles. The lowest BCUT2D eigenvalue weighted by Crippen LogP contribution is -2.38. The highest BCUT2D eigenvalue weighted by atomic mass is 19.1. The molecule has 204 valence electrons. The molecule has 0 N–H and O–H groups in total. The Morgan fingerprint density at radius 2 is 1.60 bits per heavy atom. The molecule has 1 aliphatic heterocycles. The lowest BCUT2D eigenvalue weighted by Gasteiger charge is -2.33. The van der Waals surface area contributed by atoms with Gasteiger partial charge in [0.25, 0.3) is 0 Å². The van der Waals surface area contributed by atoms with Crippen molar-refractivity contribution in [2.45, 2.75) is 19.7 Å². The van der Waals surface area contributed by atoms with E-state index in [1.165, 1.54) is 19.1 Å². The number of hydrogen-bond acceptors (Lipinski definition) is 7. The Morgan fingerprint density at radius 1 is 0.900 bits per heavy atom. The maximum Gasteiger partial charge on any atom is 0.198 e. The zero-order chi connectivity index (χ0) is 28.2. The van der Waals surface area contributed by atoms with Crippen LogP contribution in [0.4, 0.5) is 21.5 Å². The molecule has 0 saturated heterocycles. The van der Waals surface area contributed by atoms with Gasteiger partial charge in [-0.15, -0.1) is 5.10 Å². The quantitative estimate of drug-likeness (QED) is 0.246. The molecule has 0 bridgehead atoms. The van der Waals surface area contributed by atoms with Gasteiger partial charge in [-0.25, -0.2) is 9.40 Å². The van der Waals surface area contributed by atoms with E-state index in [-0.39, 0.29) is 18.2 Å². The maximum atomic E-state index is 13.5. The number of hydrazone groups is 1. The van der Waals surface area contributed by atoms with Crippen LogP contribution >= 0.6 is 0 Å². The number of Topliss-reactive ketones (excluding diaryl/α,β-unsaturated/α-hetero) is 1. The summed E-state index contributed by atoms with van der Waals surface area (Å²) in [4.78, 5) is 17.0. The first-order valence-electron chi connectivity index (χ1n) is 12.9. The monoisotopic (exact) mass is 538 g/mol. The summed E-state index contributed by atoms with van der Waals surface area (Å²) >= 11 is 0. The lowest BCUT2D eigenvalue weighted by atomic mass is 10.1. The van der Waals surface area contributed by atoms with Crippen LogP contribution in [0, 0.1) is 5.82 Å². The average Bonchev–Trinajstić information content (AvgIpc) is 3.38. The summed E-state index contributed by atoms with van der Waals surface area (Å²) in [5.41, 5.74) is 4.20. The Labute approximate surface area is 233 Å². The van der Waals surface area contributed by atoms with Crippen molar-refractivity contribution < 1.29 is 18.7 Å². The normalized spacial score (nSPS) is 14.6. The van der Waals surface area contributed by atoms with Gasteiger partial charge in [0.2, 0.25) is 0 Å². The fourth-order valence-corrected chi connectivity index (χ4v) is 4.68. The number of carbonyl (C=O) groups excluding carboxylic acids is 1. The minimum atomic E-state index is -0.565. The third kappa shape index (κ3) is 5.33. The van der Waals surface area contributed by atoms with Crippen LogP contribution in [0.25, 0.3) is 0 Å². The zero-order valence-electron chi connectivity index (χ0n) is 22.9. The van der Waals surface area contributed by atoms with E-state index in [9.17, 15) is 9.18 Å². The average molecular weight is 539 g/mol. The second-order valence-electron chi connectivity index (χ2n) is 9.61. The van der Waals surface area contributed by atoms with Crippen LogP contribution < -0.4 is 24.3 Å². The molecule has 0 amide bonds. The molecule has 1 aliphatic rings. The first-order chi connectivity index (χ1) is 19.4. The fourth-order valence-electron chi connectivity index (χ4n) is 4.68. The predicted molar refractivity (Wildman–Crippen MR) is 157 cm³/mol. The number of ether oxygens (including phenoxy) is 2. The Balaban J connectivity index is 1.65. The molecule has 0 spiro atoms. The number of methoxy groups -OCH3 is 1. The molecule has 4 aromatic rings. The Bertz CT molecular complexity index is 1510. The summed E-state index contributed by atoms with van der Waals surface area (Å²) in [5, 5.41) is 6.66. The number of hydrogen-bond donors (Lipinski definition) is 0. The van der Waals surface area contributed by atoms with Gasteiger partial charge < -0.3 is 14.4 Å². The summed E-state index contributed by atoms with van der Waals surface area (Å²) in [6.07, 6.45) is -0.565. The Kier molecular flexibility index (Phi) is 7.68. The second-order valence-corrected chi connectivity index (χ2v) is 9.61. The van der Waals surface area contributed by atoms with Gasteiger partial charge in [-0.3, -0.25) is 9.69 Å². The van der Waals surface area contributed by atoms with E-state index in [1.807, 2.05) is 102 Å². The van der Waals surface area contributed by atoms with Gasteiger partial charge in [0.15, 0.2) is 29.3 Å². The summed E-state index contributed by atoms with van der Waals surface area (Å²) in [7, 11) is 5.55. The minimum absolute atomic E-state index is 0.170. The fraction of sp³-hybridized carbons (Fsp3) is 0.188. The number of para-hydroxylation sites is 2. The van der Waals surface area contributed by atoms with Gasteiger partial charge >= 0.3 is 0 Å². The minimum Gasteiger partial charge on any atom is -0.493 e. The van der Waals surface area contributed by atoms with Crippen LogP contribution in [-0.4, -0.2) is 32.8 Å². The van der Waals surface area contributed by atoms with E-state index in [1.54, 1.807) is 19.2 Å². The number of halogens is 1. The molecule has 40 heavy (non-hydrogen) atoms. The molecule has 1 atom stereocenters. The molecule has 1 heterocycles. The highest BCUT2D eigenvalue weighted by molar-refractivity contribution is 6.44. The molecule has 1 unspecified atom stereocenters. The van der Waals surface area contributed by atoms with E-state index < -0.39 is 6.17 Å². The number of amidine groups is 1. The molecule has 0 aromatic heterocycles. The lowest BCUT2D eigenvalue weighted by molar-refractivity contribution is -0.111. The Morgan fingerprint density at radius 3 is 2.23 bits per heavy atom. The highest BCUT2D eigenvalue weighted by Gasteiger charge is 2.41. The highest BCUT2D eigenvalue weighted by Crippen LogP contribution is 2.45. The van der Waals surface area contributed by atoms with Crippen molar-refractivity contribution in [1.29, 1.82) is 0 Å². The van der Waals surface area contributed by atoms with Gasteiger partial charge in [-0.2, -0.15) is 0 Å². The molecule has 8 heteroatoms. The van der Waals surface area contributed by atoms with Crippen molar-refractivity contribution in [2.24, 2.45) is 5.10 Å². The second kappa shape index (κ2) is 11.5. The first-order valence-corrected chi connectivity index (χ1v) is 12.9. The molecule has 5 rings (SSSR count). The molecule has 4 aromatic carbocycles. The van der Waals surface area contributed by atoms with Crippen molar-refractivity contribution in [3.05, 3.63) is 114 Å². The van der Waals surface area contributed by atoms with Crippen molar-refractivity contribution in [2.75, 3.05) is 36.0 Å². The van der Waals surface area contributed by atoms with Crippen LogP contribution in [0.3, 0.4) is 0 Å². The standard InChI is InChI=1S/C32H31FN4O3/c1-22(38)31-34-37(27-9-6-5-7-10-27)32(36(31)26-19-17-25(18-20-26)35(2)3)28-11-8-12-29(39-4)30(28)40-21-23-13-15-24(33)16-14-23/h5-20,32H,21H2,1-4H3. The smallest absolute Gasteiger partial charge is 0.198 e. The molecule has 0 aliphatic carbocycles. The van der Waals surface area contributed by atoms with Crippen LogP contribution in [-0.2, 0) is 11.4 Å². The van der Waals surface area contributed by atoms with Crippen LogP contribution in [0.2, 0.25) is 0 Å².